The van der Waals surface area contributed by atoms with Crippen LogP contribution in [-0.2, 0) is 0 Å². The number of carbonyl (C=O) groups is 1. The molecule has 2 aromatic heterocycles. The zero-order valence-electron chi connectivity index (χ0n) is 11.3. The number of nitrogens with one attached hydrogen (secondary N) is 3. The molecule has 2 rings (SSSR count). The van der Waals surface area contributed by atoms with E-state index in [1.54, 1.807) is 0 Å². The second-order valence-corrected chi connectivity index (χ2v) is 5.09. The third-order valence-corrected chi connectivity index (χ3v) is 3.54. The lowest BCUT2D eigenvalue weighted by molar-refractivity contribution is 0.102. The highest BCUT2D eigenvalue weighted by Crippen LogP contribution is 2.20. The Morgan fingerprint density at radius 1 is 1.55 bits per heavy atom. The summed E-state index contributed by atoms with van der Waals surface area (Å²) in [6.07, 6.45) is 2.87. The van der Waals surface area contributed by atoms with Crippen LogP contribution in [0.5, 0.6) is 0 Å². The van der Waals surface area contributed by atoms with Gasteiger partial charge < -0.3 is 10.3 Å². The molecule has 0 radical (unpaired) electrons. The SMILES string of the molecule is CCNC(C)c1csc(NC(=O)c2c[nH]ccc2=O)n1. The molecular formula is C13H16N4O2S. The molecule has 2 heterocycles. The number of pyridine rings is 1. The van der Waals surface area contributed by atoms with Gasteiger partial charge in [0.05, 0.1) is 5.69 Å². The predicted octanol–water partition coefficient (Wildman–Crippen LogP) is 1.75. The maximum absolute atomic E-state index is 12.0. The van der Waals surface area contributed by atoms with Crippen molar-refractivity contribution in [3.05, 3.63) is 45.3 Å². The summed E-state index contributed by atoms with van der Waals surface area (Å²) in [5, 5.41) is 8.25. The Bertz CT molecular complexity index is 650. The molecule has 0 aromatic carbocycles. The predicted molar refractivity (Wildman–Crippen MR) is 79.2 cm³/mol. The molecule has 20 heavy (non-hydrogen) atoms. The molecule has 6 nitrogen and oxygen atoms in total. The van der Waals surface area contributed by atoms with Crippen LogP contribution < -0.4 is 16.1 Å². The summed E-state index contributed by atoms with van der Waals surface area (Å²) in [5.41, 5.74) is 0.622. The number of anilines is 1. The lowest BCUT2D eigenvalue weighted by Crippen LogP contribution is -2.21. The van der Waals surface area contributed by atoms with Crippen LogP contribution in [0.2, 0.25) is 0 Å². The molecule has 1 atom stereocenters. The minimum absolute atomic E-state index is 0.0731. The summed E-state index contributed by atoms with van der Waals surface area (Å²) >= 11 is 1.34. The maximum Gasteiger partial charge on any atom is 0.262 e. The summed E-state index contributed by atoms with van der Waals surface area (Å²) in [6, 6.07) is 1.44. The molecule has 0 aliphatic rings. The Morgan fingerprint density at radius 2 is 2.35 bits per heavy atom. The van der Waals surface area contributed by atoms with E-state index >= 15 is 0 Å². The third-order valence-electron chi connectivity index (χ3n) is 2.77. The number of nitrogens with zero attached hydrogens (tertiary/aromatic N) is 1. The van der Waals surface area contributed by atoms with Crippen LogP contribution in [0.3, 0.4) is 0 Å². The van der Waals surface area contributed by atoms with Crippen molar-refractivity contribution < 1.29 is 4.79 Å². The van der Waals surface area contributed by atoms with Gasteiger partial charge in [0.15, 0.2) is 10.6 Å². The van der Waals surface area contributed by atoms with Crippen molar-refractivity contribution in [1.29, 1.82) is 0 Å². The molecule has 0 aliphatic carbocycles. The molecule has 0 aliphatic heterocycles. The van der Waals surface area contributed by atoms with Gasteiger partial charge in [-0.05, 0) is 13.5 Å². The Labute approximate surface area is 120 Å². The van der Waals surface area contributed by atoms with Gasteiger partial charge in [-0.1, -0.05) is 6.92 Å². The van der Waals surface area contributed by atoms with E-state index in [9.17, 15) is 9.59 Å². The Hall–Kier alpha value is -1.99. The monoisotopic (exact) mass is 292 g/mol. The van der Waals surface area contributed by atoms with E-state index in [2.05, 4.69) is 20.6 Å². The first kappa shape index (κ1) is 14.4. The summed E-state index contributed by atoms with van der Waals surface area (Å²) in [7, 11) is 0. The quantitative estimate of drug-likeness (QED) is 0.783. The van der Waals surface area contributed by atoms with Crippen molar-refractivity contribution >= 4 is 22.4 Å². The first-order valence-corrected chi connectivity index (χ1v) is 7.17. The van der Waals surface area contributed by atoms with Crippen molar-refractivity contribution in [2.24, 2.45) is 0 Å². The van der Waals surface area contributed by atoms with Crippen LogP contribution in [0.25, 0.3) is 0 Å². The Balaban J connectivity index is 2.09. The Kier molecular flexibility index (Phi) is 4.65. The van der Waals surface area contributed by atoms with Gasteiger partial charge in [-0.2, -0.15) is 0 Å². The number of H-pyrrole nitrogens is 1. The minimum Gasteiger partial charge on any atom is -0.367 e. The fraction of sp³-hybridized carbons (Fsp3) is 0.308. The zero-order chi connectivity index (χ0) is 14.5. The molecule has 2 aromatic rings. The van der Waals surface area contributed by atoms with Gasteiger partial charge in [-0.25, -0.2) is 4.98 Å². The van der Waals surface area contributed by atoms with Gasteiger partial charge in [0, 0.05) is 29.9 Å². The number of aromatic amines is 1. The van der Waals surface area contributed by atoms with E-state index in [-0.39, 0.29) is 17.0 Å². The standard InChI is InChI=1S/C13H16N4O2S/c1-3-15-8(2)10-7-20-13(16-10)17-12(19)9-6-14-5-4-11(9)18/h4-8,15H,3H2,1-2H3,(H,14,18)(H,16,17,19). The molecule has 0 fully saturated rings. The molecule has 0 spiro atoms. The Morgan fingerprint density at radius 3 is 3.05 bits per heavy atom. The zero-order valence-corrected chi connectivity index (χ0v) is 12.1. The minimum atomic E-state index is -0.455. The van der Waals surface area contributed by atoms with E-state index in [1.165, 1.54) is 29.8 Å². The van der Waals surface area contributed by atoms with Crippen LogP contribution in [0.4, 0.5) is 5.13 Å². The maximum atomic E-state index is 12.0. The first-order valence-electron chi connectivity index (χ1n) is 6.29. The third kappa shape index (κ3) is 3.31. The van der Waals surface area contributed by atoms with Crippen LogP contribution in [0.15, 0.2) is 28.6 Å². The summed E-state index contributed by atoms with van der Waals surface area (Å²) in [5.74, 6) is -0.455. The van der Waals surface area contributed by atoms with Crippen molar-refractivity contribution in [1.82, 2.24) is 15.3 Å². The van der Waals surface area contributed by atoms with Crippen LogP contribution >= 0.6 is 11.3 Å². The van der Waals surface area contributed by atoms with Crippen molar-refractivity contribution in [2.45, 2.75) is 19.9 Å². The highest BCUT2D eigenvalue weighted by atomic mass is 32.1. The van der Waals surface area contributed by atoms with Gasteiger partial charge in [-0.3, -0.25) is 14.9 Å². The highest BCUT2D eigenvalue weighted by molar-refractivity contribution is 7.14. The average molecular weight is 292 g/mol. The van der Waals surface area contributed by atoms with E-state index in [4.69, 9.17) is 0 Å². The van der Waals surface area contributed by atoms with Crippen molar-refractivity contribution in [3.8, 4) is 0 Å². The summed E-state index contributed by atoms with van der Waals surface area (Å²) in [6.45, 7) is 4.87. The molecule has 1 unspecified atom stereocenters. The molecule has 3 N–H and O–H groups in total. The average Bonchev–Trinajstić information content (AvgIpc) is 2.88. The van der Waals surface area contributed by atoms with E-state index in [0.29, 0.717) is 5.13 Å². The molecule has 0 bridgehead atoms. The number of rotatable bonds is 5. The summed E-state index contributed by atoms with van der Waals surface area (Å²) < 4.78 is 0. The lowest BCUT2D eigenvalue weighted by atomic mass is 10.2. The van der Waals surface area contributed by atoms with Gasteiger partial charge in [0.2, 0.25) is 0 Å². The largest absolute Gasteiger partial charge is 0.367 e. The molecule has 106 valence electrons. The topological polar surface area (TPSA) is 86.9 Å². The van der Waals surface area contributed by atoms with Crippen LogP contribution in [-0.4, -0.2) is 22.4 Å². The van der Waals surface area contributed by atoms with Gasteiger partial charge >= 0.3 is 0 Å². The number of amides is 1. The normalized spacial score (nSPS) is 12.1. The van der Waals surface area contributed by atoms with Gasteiger partial charge in [0.1, 0.15) is 5.56 Å². The fourth-order valence-corrected chi connectivity index (χ4v) is 2.51. The molecule has 0 saturated carbocycles. The number of aromatic nitrogens is 2. The second kappa shape index (κ2) is 6.44. The molecule has 7 heteroatoms. The number of hydrogen-bond acceptors (Lipinski definition) is 5. The second-order valence-electron chi connectivity index (χ2n) is 4.23. The van der Waals surface area contributed by atoms with Crippen molar-refractivity contribution in [2.75, 3.05) is 11.9 Å². The van der Waals surface area contributed by atoms with Gasteiger partial charge in [-0.15, -0.1) is 11.3 Å². The van der Waals surface area contributed by atoms with E-state index < -0.39 is 5.91 Å². The number of hydrogen-bond donors (Lipinski definition) is 3. The number of carbonyl (C=O) groups excluding carboxylic acids is 1. The molecular weight excluding hydrogens is 276 g/mol. The van der Waals surface area contributed by atoms with Crippen LogP contribution in [0, 0.1) is 0 Å². The summed E-state index contributed by atoms with van der Waals surface area (Å²) in [4.78, 5) is 30.6. The fourth-order valence-electron chi connectivity index (χ4n) is 1.71. The first-order chi connectivity index (χ1) is 9.61. The van der Waals surface area contributed by atoms with E-state index in [0.717, 1.165) is 12.2 Å². The van der Waals surface area contributed by atoms with E-state index in [1.807, 2.05) is 19.2 Å². The lowest BCUT2D eigenvalue weighted by Gasteiger charge is -2.08. The highest BCUT2D eigenvalue weighted by Gasteiger charge is 2.13. The molecule has 0 saturated heterocycles. The van der Waals surface area contributed by atoms with Gasteiger partial charge in [0.25, 0.3) is 5.91 Å². The van der Waals surface area contributed by atoms with Crippen LogP contribution in [0.1, 0.15) is 35.9 Å². The molecule has 1 amide bonds. The number of thiazole rings is 1. The van der Waals surface area contributed by atoms with Crippen molar-refractivity contribution in [3.63, 3.8) is 0 Å². The smallest absolute Gasteiger partial charge is 0.262 e.